The molecule has 0 aromatic heterocycles. The molecule has 5 heteroatoms. The summed E-state index contributed by atoms with van der Waals surface area (Å²) >= 11 is 0. The molecule has 0 bridgehead atoms. The molecule has 68 heavy (non-hydrogen) atoms. The number of allylic oxidation sites excluding steroid dienone is 12. The van der Waals surface area contributed by atoms with Crippen LogP contribution in [0.4, 0.5) is 0 Å². The van der Waals surface area contributed by atoms with Crippen LogP contribution in [0, 0.1) is 0 Å². The van der Waals surface area contributed by atoms with Crippen molar-refractivity contribution >= 4 is 11.9 Å². The Kier molecular flexibility index (Phi) is 56.4. The minimum Gasteiger partial charge on any atom is -0.462 e. The van der Waals surface area contributed by atoms with Gasteiger partial charge in [-0.05, 0) is 96.3 Å². The second-order valence-electron chi connectivity index (χ2n) is 19.5. The van der Waals surface area contributed by atoms with Crippen LogP contribution in [0.3, 0.4) is 0 Å². The molecule has 0 aliphatic rings. The maximum Gasteiger partial charge on any atom is 0.306 e. The van der Waals surface area contributed by atoms with Crippen molar-refractivity contribution in [2.24, 2.45) is 0 Å². The molecule has 394 valence electrons. The molecule has 5 nitrogen and oxygen atoms in total. The van der Waals surface area contributed by atoms with Gasteiger partial charge in [-0.3, -0.25) is 9.59 Å². The van der Waals surface area contributed by atoms with Crippen molar-refractivity contribution in [3.8, 4) is 0 Å². The fourth-order valence-corrected chi connectivity index (χ4v) is 8.29. The molecule has 0 fully saturated rings. The van der Waals surface area contributed by atoms with E-state index in [-0.39, 0.29) is 25.2 Å². The minimum absolute atomic E-state index is 0.0748. The summed E-state index contributed by atoms with van der Waals surface area (Å²) < 4.78 is 17.5. The molecule has 0 amide bonds. The SMILES string of the molecule is CCCCC/C=C\C/C=C\C/C=C\CCCCCCCCCOCC(COC(=O)CCCCCCCC/C=C\C/C=C\C/C=C\CCCCC)OC(=O)CCCCCCCCCCCCCCC. The van der Waals surface area contributed by atoms with Gasteiger partial charge in [-0.15, -0.1) is 0 Å². The largest absolute Gasteiger partial charge is 0.462 e. The van der Waals surface area contributed by atoms with Crippen LogP contribution in [0.1, 0.15) is 290 Å². The van der Waals surface area contributed by atoms with Gasteiger partial charge in [0.25, 0.3) is 0 Å². The van der Waals surface area contributed by atoms with E-state index in [4.69, 9.17) is 14.2 Å². The smallest absolute Gasteiger partial charge is 0.306 e. The van der Waals surface area contributed by atoms with Gasteiger partial charge in [0.2, 0.25) is 0 Å². The minimum atomic E-state index is -0.548. The van der Waals surface area contributed by atoms with E-state index in [2.05, 4.69) is 93.7 Å². The number of ether oxygens (including phenoxy) is 3. The Labute approximate surface area is 423 Å². The lowest BCUT2D eigenvalue weighted by molar-refractivity contribution is -0.163. The first kappa shape index (κ1) is 65.3. The zero-order chi connectivity index (χ0) is 49.2. The van der Waals surface area contributed by atoms with Crippen LogP contribution >= 0.6 is 0 Å². The second-order valence-corrected chi connectivity index (χ2v) is 19.5. The molecule has 0 heterocycles. The molecule has 0 radical (unpaired) electrons. The van der Waals surface area contributed by atoms with E-state index in [0.29, 0.717) is 19.4 Å². The molecule has 0 aliphatic carbocycles. The van der Waals surface area contributed by atoms with Crippen LogP contribution in [-0.2, 0) is 23.8 Å². The van der Waals surface area contributed by atoms with Gasteiger partial charge in [-0.1, -0.05) is 254 Å². The molecule has 1 unspecified atom stereocenters. The van der Waals surface area contributed by atoms with E-state index < -0.39 is 6.10 Å². The number of hydrogen-bond acceptors (Lipinski definition) is 5. The molecular formula is C63H112O5. The molecule has 0 aromatic rings. The van der Waals surface area contributed by atoms with Crippen molar-refractivity contribution in [2.75, 3.05) is 19.8 Å². The summed E-state index contributed by atoms with van der Waals surface area (Å²) in [5, 5.41) is 0. The average Bonchev–Trinajstić information content (AvgIpc) is 3.34. The van der Waals surface area contributed by atoms with Crippen LogP contribution in [0.2, 0.25) is 0 Å². The summed E-state index contributed by atoms with van der Waals surface area (Å²) in [5.74, 6) is -0.407. The lowest BCUT2D eigenvalue weighted by Crippen LogP contribution is -2.30. The van der Waals surface area contributed by atoms with Gasteiger partial charge >= 0.3 is 11.9 Å². The normalized spacial score (nSPS) is 12.7. The van der Waals surface area contributed by atoms with Gasteiger partial charge in [0.05, 0.1) is 6.61 Å². The predicted octanol–water partition coefficient (Wildman–Crippen LogP) is 20.2. The Balaban J connectivity index is 4.28. The fourth-order valence-electron chi connectivity index (χ4n) is 8.29. The van der Waals surface area contributed by atoms with Gasteiger partial charge < -0.3 is 14.2 Å². The summed E-state index contributed by atoms with van der Waals surface area (Å²) in [5.41, 5.74) is 0. The first-order chi connectivity index (χ1) is 33.6. The fraction of sp³-hybridized carbons (Fsp3) is 0.778. The van der Waals surface area contributed by atoms with Crippen molar-refractivity contribution in [2.45, 2.75) is 297 Å². The molecule has 0 aromatic carbocycles. The van der Waals surface area contributed by atoms with Crippen LogP contribution in [0.5, 0.6) is 0 Å². The number of carbonyl (C=O) groups excluding carboxylic acids is 2. The van der Waals surface area contributed by atoms with Crippen LogP contribution < -0.4 is 0 Å². The third-order valence-electron chi connectivity index (χ3n) is 12.7. The van der Waals surface area contributed by atoms with Gasteiger partial charge in [0, 0.05) is 19.4 Å². The van der Waals surface area contributed by atoms with E-state index in [1.165, 1.54) is 180 Å². The first-order valence-electron chi connectivity index (χ1n) is 29.5. The van der Waals surface area contributed by atoms with Crippen LogP contribution in [-0.4, -0.2) is 37.9 Å². The molecule has 0 aliphatic heterocycles. The molecule has 0 N–H and O–H groups in total. The molecule has 1 atom stereocenters. The molecule has 0 saturated heterocycles. The highest BCUT2D eigenvalue weighted by atomic mass is 16.6. The van der Waals surface area contributed by atoms with Crippen molar-refractivity contribution < 1.29 is 23.8 Å². The van der Waals surface area contributed by atoms with Crippen molar-refractivity contribution in [3.63, 3.8) is 0 Å². The Morgan fingerprint density at radius 1 is 0.324 bits per heavy atom. The van der Waals surface area contributed by atoms with Gasteiger partial charge in [-0.2, -0.15) is 0 Å². The van der Waals surface area contributed by atoms with E-state index in [9.17, 15) is 9.59 Å². The highest BCUT2D eigenvalue weighted by molar-refractivity contribution is 5.70. The third-order valence-corrected chi connectivity index (χ3v) is 12.7. The summed E-state index contributed by atoms with van der Waals surface area (Å²) in [4.78, 5) is 25.5. The number of esters is 2. The summed E-state index contributed by atoms with van der Waals surface area (Å²) in [7, 11) is 0. The Morgan fingerprint density at radius 2 is 0.618 bits per heavy atom. The Hall–Kier alpha value is -2.66. The quantitative estimate of drug-likeness (QED) is 0.0345. The standard InChI is InChI=1S/C63H112O5/c1-4-7-10-13-16-19-22-25-27-29-31-33-35-37-40-43-46-49-52-55-58-66-59-61(68-63(65)57-54-51-48-45-42-38-24-21-18-15-12-9-6-3)60-67-62(64)56-53-50-47-44-41-39-36-34-32-30-28-26-23-20-17-14-11-8-5-2/h16-17,19-20,25-28,31-34,61H,4-15,18,21-24,29-30,35-60H2,1-3H3/b19-16-,20-17-,27-25-,28-26-,33-31-,34-32-. The summed E-state index contributed by atoms with van der Waals surface area (Å²) in [6, 6.07) is 0. The number of carbonyl (C=O) groups is 2. The molecule has 0 rings (SSSR count). The van der Waals surface area contributed by atoms with Gasteiger partial charge in [0.1, 0.15) is 6.61 Å². The maximum absolute atomic E-state index is 12.8. The predicted molar refractivity (Wildman–Crippen MR) is 297 cm³/mol. The molecular weight excluding hydrogens is 837 g/mol. The second kappa shape index (κ2) is 58.7. The topological polar surface area (TPSA) is 61.8 Å². The Morgan fingerprint density at radius 3 is 1.01 bits per heavy atom. The molecule has 0 saturated carbocycles. The summed E-state index contributed by atoms with van der Waals surface area (Å²) in [6.07, 6.45) is 76.3. The lowest BCUT2D eigenvalue weighted by Gasteiger charge is -2.18. The van der Waals surface area contributed by atoms with E-state index in [1.807, 2.05) is 0 Å². The van der Waals surface area contributed by atoms with Gasteiger partial charge in [0.15, 0.2) is 6.10 Å². The maximum atomic E-state index is 12.8. The zero-order valence-corrected chi connectivity index (χ0v) is 45.4. The number of rotatable bonds is 54. The Bertz CT molecular complexity index is 1210. The van der Waals surface area contributed by atoms with Crippen molar-refractivity contribution in [1.29, 1.82) is 0 Å². The van der Waals surface area contributed by atoms with E-state index in [0.717, 1.165) is 77.0 Å². The highest BCUT2D eigenvalue weighted by Crippen LogP contribution is 2.15. The number of unbranched alkanes of at least 4 members (excludes halogenated alkanes) is 31. The first-order valence-corrected chi connectivity index (χ1v) is 29.5. The number of hydrogen-bond donors (Lipinski definition) is 0. The van der Waals surface area contributed by atoms with E-state index >= 15 is 0 Å². The highest BCUT2D eigenvalue weighted by Gasteiger charge is 2.17. The zero-order valence-electron chi connectivity index (χ0n) is 45.4. The monoisotopic (exact) mass is 949 g/mol. The lowest BCUT2D eigenvalue weighted by atomic mass is 10.0. The van der Waals surface area contributed by atoms with Crippen LogP contribution in [0.15, 0.2) is 72.9 Å². The van der Waals surface area contributed by atoms with E-state index in [1.54, 1.807) is 0 Å². The van der Waals surface area contributed by atoms with Gasteiger partial charge in [-0.25, -0.2) is 0 Å². The van der Waals surface area contributed by atoms with Crippen molar-refractivity contribution in [1.82, 2.24) is 0 Å². The average molecular weight is 950 g/mol. The molecule has 0 spiro atoms. The third kappa shape index (κ3) is 55.9. The van der Waals surface area contributed by atoms with Crippen molar-refractivity contribution in [3.05, 3.63) is 72.9 Å². The van der Waals surface area contributed by atoms with Crippen LogP contribution in [0.25, 0.3) is 0 Å². The summed E-state index contributed by atoms with van der Waals surface area (Å²) in [6.45, 7) is 7.77.